The van der Waals surface area contributed by atoms with Gasteiger partial charge in [0.05, 0.1) is 18.4 Å². The average molecular weight is 505 g/mol. The Bertz CT molecular complexity index is 1530. The zero-order valence-electron chi connectivity index (χ0n) is 21.2. The van der Waals surface area contributed by atoms with E-state index in [2.05, 4.69) is 38.4 Å². The lowest BCUT2D eigenvalue weighted by molar-refractivity contribution is -0.128. The Morgan fingerprint density at radius 3 is 2.32 bits per heavy atom. The van der Waals surface area contributed by atoms with Crippen molar-refractivity contribution in [3.63, 3.8) is 0 Å². The van der Waals surface area contributed by atoms with Crippen molar-refractivity contribution in [1.82, 2.24) is 34.4 Å². The minimum absolute atomic E-state index is 0.137. The zero-order valence-corrected chi connectivity index (χ0v) is 21.2. The molecule has 9 nitrogen and oxygen atoms in total. The maximum atomic E-state index is 12.7. The Hall–Kier alpha value is -4.58. The van der Waals surface area contributed by atoms with Crippen LogP contribution in [0.5, 0.6) is 0 Å². The van der Waals surface area contributed by atoms with E-state index in [9.17, 15) is 10.1 Å². The molecular formula is C29H28N8O. The summed E-state index contributed by atoms with van der Waals surface area (Å²) < 4.78 is 3.77. The Kier molecular flexibility index (Phi) is 6.30. The van der Waals surface area contributed by atoms with Crippen LogP contribution in [0.1, 0.15) is 31.7 Å². The molecule has 4 aromatic rings. The molecule has 0 bridgehead atoms. The standard InChI is InChI=1S/C29H28N8O/c1-35-18-25(16-33-35)21-3-2-4-22(12-21)28-31-14-24(15-32-28)26-17-34-37(19-26)27-7-9-36(10-8-27)29(38)23(13-30)11-20-5-6-20/h2-4,11-12,14-20,27H,5-10H2,1H3. The number of aryl methyl sites for hydroxylation is 1. The number of nitriles is 1. The maximum absolute atomic E-state index is 12.7. The number of likely N-dealkylation sites (tertiary alicyclic amines) is 1. The largest absolute Gasteiger partial charge is 0.338 e. The number of hydrogen-bond donors (Lipinski definition) is 0. The predicted molar refractivity (Wildman–Crippen MR) is 142 cm³/mol. The number of nitrogens with zero attached hydrogens (tertiary/aromatic N) is 8. The van der Waals surface area contributed by atoms with Gasteiger partial charge in [-0.15, -0.1) is 0 Å². The first-order chi connectivity index (χ1) is 18.6. The number of rotatable bonds is 6. The van der Waals surface area contributed by atoms with E-state index in [1.165, 1.54) is 0 Å². The van der Waals surface area contributed by atoms with Crippen LogP contribution in [0.2, 0.25) is 0 Å². The number of carbonyl (C=O) groups is 1. The van der Waals surface area contributed by atoms with Crippen LogP contribution in [0, 0.1) is 17.2 Å². The first kappa shape index (κ1) is 23.8. The second kappa shape index (κ2) is 10.1. The molecule has 0 unspecified atom stereocenters. The van der Waals surface area contributed by atoms with E-state index in [-0.39, 0.29) is 11.9 Å². The molecule has 0 atom stereocenters. The fraction of sp³-hybridized carbons (Fsp3) is 0.310. The molecule has 4 heterocycles. The second-order valence-corrected chi connectivity index (χ2v) is 10.0. The Morgan fingerprint density at radius 1 is 0.921 bits per heavy atom. The van der Waals surface area contributed by atoms with E-state index in [4.69, 9.17) is 0 Å². The molecule has 2 aliphatic rings. The lowest BCUT2D eigenvalue weighted by Gasteiger charge is -2.32. The quantitative estimate of drug-likeness (QED) is 0.284. The lowest BCUT2D eigenvalue weighted by Crippen LogP contribution is -2.39. The monoisotopic (exact) mass is 504 g/mol. The molecule has 1 saturated heterocycles. The van der Waals surface area contributed by atoms with Crippen LogP contribution in [0.3, 0.4) is 0 Å². The molecule has 38 heavy (non-hydrogen) atoms. The molecule has 6 rings (SSSR count). The number of carbonyl (C=O) groups excluding carboxylic acids is 1. The van der Waals surface area contributed by atoms with E-state index in [1.54, 1.807) is 9.58 Å². The number of piperidine rings is 1. The van der Waals surface area contributed by atoms with Crippen molar-refractivity contribution in [3.05, 3.63) is 73.1 Å². The Morgan fingerprint density at radius 2 is 1.63 bits per heavy atom. The SMILES string of the molecule is Cn1cc(-c2cccc(-c3ncc(-c4cnn(C5CCN(C(=O)C(C#N)=CC6CC6)CC5)c4)cn3)c2)cn1. The smallest absolute Gasteiger partial charge is 0.264 e. The summed E-state index contributed by atoms with van der Waals surface area (Å²) in [6, 6.07) is 10.4. The molecule has 1 aliphatic carbocycles. The van der Waals surface area contributed by atoms with E-state index < -0.39 is 0 Å². The van der Waals surface area contributed by atoms with Gasteiger partial charge in [0.25, 0.3) is 5.91 Å². The highest BCUT2D eigenvalue weighted by atomic mass is 16.2. The van der Waals surface area contributed by atoms with E-state index in [0.717, 1.165) is 53.5 Å². The third-order valence-electron chi connectivity index (χ3n) is 7.25. The van der Waals surface area contributed by atoms with Gasteiger partial charge in [0.15, 0.2) is 5.82 Å². The number of allylic oxidation sites excluding steroid dienone is 1. The minimum atomic E-state index is -0.137. The van der Waals surface area contributed by atoms with Gasteiger partial charge in [0.1, 0.15) is 11.6 Å². The molecule has 2 fully saturated rings. The van der Waals surface area contributed by atoms with Gasteiger partial charge >= 0.3 is 0 Å². The highest BCUT2D eigenvalue weighted by molar-refractivity contribution is 5.97. The number of hydrogen-bond acceptors (Lipinski definition) is 6. The molecule has 3 aromatic heterocycles. The van der Waals surface area contributed by atoms with Crippen molar-refractivity contribution in [3.8, 4) is 39.7 Å². The molecule has 1 saturated carbocycles. The van der Waals surface area contributed by atoms with Crippen molar-refractivity contribution in [2.24, 2.45) is 13.0 Å². The maximum Gasteiger partial charge on any atom is 0.264 e. The summed E-state index contributed by atoms with van der Waals surface area (Å²) in [4.78, 5) is 23.8. The fourth-order valence-corrected chi connectivity index (χ4v) is 4.88. The molecule has 0 radical (unpaired) electrons. The second-order valence-electron chi connectivity index (χ2n) is 10.0. The van der Waals surface area contributed by atoms with Crippen LogP contribution in [0.25, 0.3) is 33.6 Å². The van der Waals surface area contributed by atoms with Gasteiger partial charge in [-0.2, -0.15) is 15.5 Å². The van der Waals surface area contributed by atoms with Gasteiger partial charge in [-0.1, -0.05) is 24.3 Å². The first-order valence-corrected chi connectivity index (χ1v) is 12.9. The zero-order chi connectivity index (χ0) is 26.1. The van der Waals surface area contributed by atoms with Crippen LogP contribution < -0.4 is 0 Å². The number of amides is 1. The van der Waals surface area contributed by atoms with Gasteiger partial charge < -0.3 is 4.90 Å². The van der Waals surface area contributed by atoms with Gasteiger partial charge in [-0.05, 0) is 43.2 Å². The van der Waals surface area contributed by atoms with Gasteiger partial charge in [0, 0.05) is 67.2 Å². The Labute approximate surface area is 221 Å². The first-order valence-electron chi connectivity index (χ1n) is 12.9. The summed E-state index contributed by atoms with van der Waals surface area (Å²) in [5.41, 5.74) is 5.22. The topological polar surface area (TPSA) is 106 Å². The van der Waals surface area contributed by atoms with Crippen molar-refractivity contribution in [2.45, 2.75) is 31.7 Å². The number of benzene rings is 1. The highest BCUT2D eigenvalue weighted by Gasteiger charge is 2.28. The summed E-state index contributed by atoms with van der Waals surface area (Å²) in [7, 11) is 1.90. The van der Waals surface area contributed by atoms with E-state index >= 15 is 0 Å². The van der Waals surface area contributed by atoms with Gasteiger partial charge in [-0.3, -0.25) is 14.2 Å². The van der Waals surface area contributed by atoms with Crippen LogP contribution >= 0.6 is 0 Å². The van der Waals surface area contributed by atoms with Crippen molar-refractivity contribution < 1.29 is 4.79 Å². The van der Waals surface area contributed by atoms with Crippen molar-refractivity contribution in [2.75, 3.05) is 13.1 Å². The van der Waals surface area contributed by atoms with Crippen molar-refractivity contribution >= 4 is 5.91 Å². The molecule has 0 spiro atoms. The molecule has 1 amide bonds. The highest BCUT2D eigenvalue weighted by Crippen LogP contribution is 2.32. The predicted octanol–water partition coefficient (Wildman–Crippen LogP) is 4.43. The summed E-state index contributed by atoms with van der Waals surface area (Å²) in [5.74, 6) is 0.933. The van der Waals surface area contributed by atoms with Crippen LogP contribution in [-0.4, -0.2) is 53.4 Å². The van der Waals surface area contributed by atoms with Crippen LogP contribution in [0.4, 0.5) is 0 Å². The van der Waals surface area contributed by atoms with E-state index in [1.807, 2.05) is 67.1 Å². The van der Waals surface area contributed by atoms with Crippen LogP contribution in [0.15, 0.2) is 73.1 Å². The summed E-state index contributed by atoms with van der Waals surface area (Å²) >= 11 is 0. The summed E-state index contributed by atoms with van der Waals surface area (Å²) in [6.45, 7) is 1.25. The van der Waals surface area contributed by atoms with Crippen molar-refractivity contribution in [1.29, 1.82) is 5.26 Å². The van der Waals surface area contributed by atoms with Crippen LogP contribution in [-0.2, 0) is 11.8 Å². The number of aromatic nitrogens is 6. The fourth-order valence-electron chi connectivity index (χ4n) is 4.88. The average Bonchev–Trinajstić information content (AvgIpc) is 3.45. The third kappa shape index (κ3) is 4.98. The molecule has 190 valence electrons. The lowest BCUT2D eigenvalue weighted by atomic mass is 10.0. The van der Waals surface area contributed by atoms with Gasteiger partial charge in [-0.25, -0.2) is 9.97 Å². The van der Waals surface area contributed by atoms with E-state index in [0.29, 0.717) is 30.4 Å². The molecule has 1 aliphatic heterocycles. The minimum Gasteiger partial charge on any atom is -0.338 e. The summed E-state index contributed by atoms with van der Waals surface area (Å²) in [5, 5.41) is 18.2. The molecule has 0 N–H and O–H groups in total. The summed E-state index contributed by atoms with van der Waals surface area (Å²) in [6.07, 6.45) is 17.0. The van der Waals surface area contributed by atoms with Gasteiger partial charge in [0.2, 0.25) is 0 Å². The Balaban J connectivity index is 1.11. The molecule has 1 aromatic carbocycles. The third-order valence-corrected chi connectivity index (χ3v) is 7.25. The normalized spacial score (nSPS) is 16.4. The molecular weight excluding hydrogens is 476 g/mol. The molecule has 9 heteroatoms.